The fraction of sp³-hybridized carbons (Fsp3) is 0.533. The number of ether oxygens (including phenoxy) is 3. The molecule has 10 nitrogen and oxygen atoms in total. The van der Waals surface area contributed by atoms with Crippen LogP contribution in [-0.4, -0.2) is 46.4 Å². The Hall–Kier alpha value is -3.53. The molecule has 1 amide bonds. The van der Waals surface area contributed by atoms with E-state index in [0.717, 1.165) is 35.0 Å². The van der Waals surface area contributed by atoms with Gasteiger partial charge in [-0.1, -0.05) is 60.5 Å². The highest BCUT2D eigenvalue weighted by atomic mass is 35.5. The van der Waals surface area contributed by atoms with E-state index in [9.17, 15) is 9.59 Å². The minimum absolute atomic E-state index is 0.00451. The van der Waals surface area contributed by atoms with Crippen molar-refractivity contribution < 1.29 is 23.8 Å². The third kappa shape index (κ3) is 9.24. The molecule has 1 aliphatic carbocycles. The Morgan fingerprint density at radius 3 is 2.24 bits per heavy atom. The van der Waals surface area contributed by atoms with Gasteiger partial charge in [0.25, 0.3) is 0 Å². The molecule has 2 heterocycles. The minimum Gasteiger partial charge on any atom is -0.495 e. The Labute approximate surface area is 246 Å². The van der Waals surface area contributed by atoms with Gasteiger partial charge < -0.3 is 24.5 Å². The molecule has 1 aliphatic rings. The number of hydrogen-bond acceptors (Lipinski definition) is 8. The van der Waals surface area contributed by atoms with Gasteiger partial charge in [0.1, 0.15) is 23.5 Å². The summed E-state index contributed by atoms with van der Waals surface area (Å²) < 4.78 is 17.6. The number of methoxy groups -OCH3 is 1. The lowest BCUT2D eigenvalue weighted by Crippen LogP contribution is -2.22. The molecule has 3 aromatic rings. The van der Waals surface area contributed by atoms with Crippen LogP contribution < -0.4 is 15.8 Å². The van der Waals surface area contributed by atoms with Crippen molar-refractivity contribution in [3.8, 4) is 16.9 Å². The molecule has 1 fully saturated rings. The van der Waals surface area contributed by atoms with Crippen molar-refractivity contribution in [2.24, 2.45) is 10.8 Å². The molecule has 0 bridgehead atoms. The molecule has 4 rings (SSSR count). The summed E-state index contributed by atoms with van der Waals surface area (Å²) >= 11 is 4.92. The van der Waals surface area contributed by atoms with Crippen LogP contribution in [0, 0.1) is 10.8 Å². The monoisotopic (exact) mass is 587 g/mol. The Morgan fingerprint density at radius 2 is 1.68 bits per heavy atom. The zero-order chi connectivity index (χ0) is 30.4. The standard InChI is InChI=1S/C24H31N5O3.C6H11ClO2/c1-24(2,3)13-32-23(30)28-18-10-9-15(11-19(18)31-4)17-12-29(16-7-5-6-8-16)22-20(17)21(25)26-14-27-22;1-6(2,3)4-9-5(7)8/h9-12,14,16H,5-8,13H2,1-4H3,(H,28,30)(H2,25,26,27);4H2,1-3H3. The van der Waals surface area contributed by atoms with Crippen LogP contribution in [-0.2, 0) is 9.47 Å². The highest BCUT2D eigenvalue weighted by Gasteiger charge is 2.23. The predicted molar refractivity (Wildman–Crippen MR) is 163 cm³/mol. The van der Waals surface area contributed by atoms with Crippen molar-refractivity contribution in [2.45, 2.75) is 73.3 Å². The first-order valence-corrected chi connectivity index (χ1v) is 14.1. The second-order valence-corrected chi connectivity index (χ2v) is 12.9. The summed E-state index contributed by atoms with van der Waals surface area (Å²) in [5, 5.41) is 3.61. The summed E-state index contributed by atoms with van der Waals surface area (Å²) in [5.74, 6) is 0.987. The molecule has 0 unspecified atom stereocenters. The van der Waals surface area contributed by atoms with Gasteiger partial charge in [-0.3, -0.25) is 5.32 Å². The summed E-state index contributed by atoms with van der Waals surface area (Å²) in [4.78, 5) is 31.0. The van der Waals surface area contributed by atoms with Crippen molar-refractivity contribution in [3.05, 3.63) is 30.7 Å². The highest BCUT2D eigenvalue weighted by Crippen LogP contribution is 2.40. The van der Waals surface area contributed by atoms with E-state index in [2.05, 4.69) is 30.8 Å². The molecular weight excluding hydrogens is 546 g/mol. The number of benzene rings is 1. The molecule has 0 spiro atoms. The lowest BCUT2D eigenvalue weighted by molar-refractivity contribution is 0.118. The largest absolute Gasteiger partial charge is 0.495 e. The molecule has 41 heavy (non-hydrogen) atoms. The van der Waals surface area contributed by atoms with Crippen LogP contribution in [0.15, 0.2) is 30.7 Å². The number of nitrogen functional groups attached to an aromatic ring is 1. The number of carbonyl (C=O) groups excluding carboxylic acids is 2. The molecule has 0 atom stereocenters. The zero-order valence-electron chi connectivity index (χ0n) is 25.0. The van der Waals surface area contributed by atoms with Crippen LogP contribution in [0.5, 0.6) is 5.75 Å². The van der Waals surface area contributed by atoms with Crippen molar-refractivity contribution in [3.63, 3.8) is 0 Å². The molecule has 1 saturated carbocycles. The maximum absolute atomic E-state index is 12.2. The summed E-state index contributed by atoms with van der Waals surface area (Å²) in [6.07, 6.45) is 7.83. The van der Waals surface area contributed by atoms with Crippen molar-refractivity contribution in [2.75, 3.05) is 31.4 Å². The molecule has 0 saturated heterocycles. The number of amides is 1. The third-order valence-corrected chi connectivity index (χ3v) is 6.47. The summed E-state index contributed by atoms with van der Waals surface area (Å²) in [7, 11) is 1.57. The number of aromatic nitrogens is 3. The molecule has 224 valence electrons. The third-order valence-electron chi connectivity index (χ3n) is 6.36. The zero-order valence-corrected chi connectivity index (χ0v) is 25.8. The number of fused-ring (bicyclic) bond motifs is 1. The number of rotatable bonds is 6. The van der Waals surface area contributed by atoms with Gasteiger partial charge in [0.2, 0.25) is 0 Å². The van der Waals surface area contributed by atoms with E-state index in [4.69, 9.17) is 26.8 Å². The maximum Gasteiger partial charge on any atom is 0.411 e. The van der Waals surface area contributed by atoms with E-state index < -0.39 is 11.5 Å². The van der Waals surface area contributed by atoms with Gasteiger partial charge in [0, 0.05) is 29.4 Å². The maximum atomic E-state index is 12.2. The molecular formula is C30H42ClN5O5. The van der Waals surface area contributed by atoms with E-state index in [1.165, 1.54) is 19.2 Å². The molecule has 11 heteroatoms. The average Bonchev–Trinajstić information content (AvgIpc) is 3.55. The van der Waals surface area contributed by atoms with Gasteiger partial charge in [0.05, 0.1) is 31.4 Å². The first-order chi connectivity index (χ1) is 19.2. The molecule has 3 N–H and O–H groups in total. The summed E-state index contributed by atoms with van der Waals surface area (Å²) in [6, 6.07) is 6.05. The van der Waals surface area contributed by atoms with Crippen LogP contribution in [0.1, 0.15) is 73.3 Å². The van der Waals surface area contributed by atoms with Gasteiger partial charge in [-0.25, -0.2) is 19.6 Å². The SMILES string of the molecule is CC(C)(C)COC(=O)Cl.COc1cc(-c2cn(C3CCCC3)c3ncnc(N)c23)ccc1NC(=O)OCC(C)(C)C. The van der Waals surface area contributed by atoms with Crippen LogP contribution >= 0.6 is 11.6 Å². The first kappa shape index (κ1) is 32.0. The van der Waals surface area contributed by atoms with E-state index >= 15 is 0 Å². The first-order valence-electron chi connectivity index (χ1n) is 13.7. The van der Waals surface area contributed by atoms with Crippen molar-refractivity contribution >= 4 is 45.7 Å². The number of halogens is 1. The lowest BCUT2D eigenvalue weighted by atomic mass is 9.99. The van der Waals surface area contributed by atoms with Crippen molar-refractivity contribution in [1.82, 2.24) is 14.5 Å². The smallest absolute Gasteiger partial charge is 0.411 e. The van der Waals surface area contributed by atoms with Gasteiger partial charge in [-0.2, -0.15) is 0 Å². The summed E-state index contributed by atoms with van der Waals surface area (Å²) in [6.45, 7) is 12.6. The van der Waals surface area contributed by atoms with E-state index in [0.29, 0.717) is 36.5 Å². The van der Waals surface area contributed by atoms with Crippen molar-refractivity contribution in [1.29, 1.82) is 0 Å². The van der Waals surface area contributed by atoms with E-state index in [1.807, 2.05) is 59.7 Å². The Balaban J connectivity index is 0.000000445. The molecule has 0 aliphatic heterocycles. The topological polar surface area (TPSA) is 131 Å². The Bertz CT molecular complexity index is 1350. The van der Waals surface area contributed by atoms with Gasteiger partial charge in [0.15, 0.2) is 0 Å². The van der Waals surface area contributed by atoms with E-state index in [-0.39, 0.29) is 10.8 Å². The normalized spacial score (nSPS) is 13.9. The second-order valence-electron chi connectivity index (χ2n) is 12.6. The molecule has 0 radical (unpaired) electrons. The minimum atomic E-state index is -0.732. The lowest BCUT2D eigenvalue weighted by Gasteiger charge is -2.18. The average molecular weight is 588 g/mol. The summed E-state index contributed by atoms with van der Waals surface area (Å²) in [5.41, 5.74) is 8.69. The fourth-order valence-electron chi connectivity index (χ4n) is 4.45. The van der Waals surface area contributed by atoms with Crippen LogP contribution in [0.2, 0.25) is 0 Å². The number of nitrogens with zero attached hydrogens (tertiary/aromatic N) is 3. The number of nitrogens with one attached hydrogen (secondary N) is 1. The Morgan fingerprint density at radius 1 is 1.05 bits per heavy atom. The fourth-order valence-corrected chi connectivity index (χ4v) is 4.51. The van der Waals surface area contributed by atoms with Crippen LogP contribution in [0.3, 0.4) is 0 Å². The predicted octanol–water partition coefficient (Wildman–Crippen LogP) is 7.81. The van der Waals surface area contributed by atoms with Crippen LogP contribution in [0.25, 0.3) is 22.2 Å². The molecule has 1 aromatic carbocycles. The highest BCUT2D eigenvalue weighted by molar-refractivity contribution is 6.61. The van der Waals surface area contributed by atoms with Gasteiger partial charge in [-0.15, -0.1) is 0 Å². The Kier molecular flexibility index (Phi) is 10.5. The number of hydrogen-bond donors (Lipinski definition) is 2. The van der Waals surface area contributed by atoms with Gasteiger partial charge >= 0.3 is 11.5 Å². The number of carbonyl (C=O) groups is 2. The number of nitrogens with two attached hydrogens (primary N) is 1. The van der Waals surface area contributed by atoms with Crippen LogP contribution in [0.4, 0.5) is 21.1 Å². The quantitative estimate of drug-likeness (QED) is 0.279. The van der Waals surface area contributed by atoms with Gasteiger partial charge in [-0.05, 0) is 41.4 Å². The molecule has 2 aromatic heterocycles. The van der Waals surface area contributed by atoms with E-state index in [1.54, 1.807) is 7.11 Å². The number of anilines is 2. The second kappa shape index (κ2) is 13.4.